The van der Waals surface area contributed by atoms with Crippen molar-refractivity contribution in [1.29, 1.82) is 0 Å². The first-order chi connectivity index (χ1) is 7.27. The minimum atomic E-state index is 0.655. The summed E-state index contributed by atoms with van der Waals surface area (Å²) in [5.41, 5.74) is 1.45. The lowest BCUT2D eigenvalue weighted by molar-refractivity contribution is 0.0596. The summed E-state index contributed by atoms with van der Waals surface area (Å²) in [6, 6.07) is 8.71. The molecule has 1 nitrogen and oxygen atoms in total. The molecule has 1 unspecified atom stereocenters. The van der Waals surface area contributed by atoms with Crippen LogP contribution < -0.4 is 0 Å². The maximum atomic E-state index is 5.40. The van der Waals surface area contributed by atoms with E-state index in [2.05, 4.69) is 47.1 Å². The predicted molar refractivity (Wildman–Crippen MR) is 66.1 cm³/mol. The quantitative estimate of drug-likeness (QED) is 0.789. The second-order valence-electron chi connectivity index (χ2n) is 4.29. The topological polar surface area (TPSA) is 9.23 Å². The maximum Gasteiger partial charge on any atom is 0.0468 e. The van der Waals surface area contributed by atoms with E-state index in [0.717, 1.165) is 23.6 Å². The summed E-state index contributed by atoms with van der Waals surface area (Å²) >= 11 is 3.47. The van der Waals surface area contributed by atoms with Gasteiger partial charge in [0.15, 0.2) is 0 Å². The SMILES string of the molecule is CC(c1ccc(Br)cc1)C1CCOCC1. The summed E-state index contributed by atoms with van der Waals surface area (Å²) in [4.78, 5) is 0. The molecule has 0 saturated carbocycles. The van der Waals surface area contributed by atoms with Gasteiger partial charge >= 0.3 is 0 Å². The van der Waals surface area contributed by atoms with Crippen LogP contribution in [0.3, 0.4) is 0 Å². The fourth-order valence-electron chi connectivity index (χ4n) is 2.25. The Morgan fingerprint density at radius 2 is 1.80 bits per heavy atom. The fraction of sp³-hybridized carbons (Fsp3) is 0.538. The molecule has 2 heteroatoms. The van der Waals surface area contributed by atoms with Crippen LogP contribution in [-0.4, -0.2) is 13.2 Å². The van der Waals surface area contributed by atoms with E-state index in [4.69, 9.17) is 4.74 Å². The van der Waals surface area contributed by atoms with Crippen molar-refractivity contribution >= 4 is 15.9 Å². The molecule has 1 aromatic rings. The highest BCUT2D eigenvalue weighted by Crippen LogP contribution is 2.31. The molecule has 0 aromatic heterocycles. The van der Waals surface area contributed by atoms with Gasteiger partial charge in [-0.2, -0.15) is 0 Å². The van der Waals surface area contributed by atoms with Gasteiger partial charge in [0.25, 0.3) is 0 Å². The minimum absolute atomic E-state index is 0.655. The number of ether oxygens (including phenoxy) is 1. The van der Waals surface area contributed by atoms with Crippen molar-refractivity contribution in [2.45, 2.75) is 25.7 Å². The maximum absolute atomic E-state index is 5.40. The van der Waals surface area contributed by atoms with Crippen molar-refractivity contribution < 1.29 is 4.74 Å². The third kappa shape index (κ3) is 2.82. The molecule has 1 aliphatic rings. The number of benzene rings is 1. The average Bonchev–Trinajstić information content (AvgIpc) is 2.30. The molecule has 82 valence electrons. The number of rotatable bonds is 2. The Kier molecular flexibility index (Phi) is 3.81. The second kappa shape index (κ2) is 5.13. The Balaban J connectivity index is 2.05. The van der Waals surface area contributed by atoms with Crippen LogP contribution in [0, 0.1) is 5.92 Å². The molecule has 0 spiro atoms. The first kappa shape index (κ1) is 11.2. The van der Waals surface area contributed by atoms with Crippen LogP contribution in [0.2, 0.25) is 0 Å². The van der Waals surface area contributed by atoms with Crippen molar-refractivity contribution in [2.24, 2.45) is 5.92 Å². The predicted octanol–water partition coefficient (Wildman–Crippen LogP) is 3.98. The molecule has 15 heavy (non-hydrogen) atoms. The third-order valence-electron chi connectivity index (χ3n) is 3.37. The van der Waals surface area contributed by atoms with Gasteiger partial charge in [-0.1, -0.05) is 35.0 Å². The zero-order valence-corrected chi connectivity index (χ0v) is 10.7. The standard InChI is InChI=1S/C13H17BrO/c1-10(12-6-8-15-9-7-12)11-2-4-13(14)5-3-11/h2-5,10,12H,6-9H2,1H3. The van der Waals surface area contributed by atoms with E-state index in [9.17, 15) is 0 Å². The van der Waals surface area contributed by atoms with E-state index in [1.54, 1.807) is 0 Å². The van der Waals surface area contributed by atoms with Crippen LogP contribution in [0.4, 0.5) is 0 Å². The van der Waals surface area contributed by atoms with Crippen molar-refractivity contribution in [3.8, 4) is 0 Å². The summed E-state index contributed by atoms with van der Waals surface area (Å²) in [5.74, 6) is 1.45. The Hall–Kier alpha value is -0.340. The van der Waals surface area contributed by atoms with Gasteiger partial charge in [0.05, 0.1) is 0 Å². The number of hydrogen-bond acceptors (Lipinski definition) is 1. The van der Waals surface area contributed by atoms with Gasteiger partial charge in [-0.15, -0.1) is 0 Å². The summed E-state index contributed by atoms with van der Waals surface area (Å²) in [6.07, 6.45) is 2.41. The number of halogens is 1. The third-order valence-corrected chi connectivity index (χ3v) is 3.90. The highest BCUT2D eigenvalue weighted by Gasteiger charge is 2.21. The molecule has 0 N–H and O–H groups in total. The van der Waals surface area contributed by atoms with Gasteiger partial charge in [-0.05, 0) is 42.4 Å². The van der Waals surface area contributed by atoms with Crippen LogP contribution >= 0.6 is 15.9 Å². The Morgan fingerprint density at radius 3 is 2.40 bits per heavy atom. The lowest BCUT2D eigenvalue weighted by Crippen LogP contribution is -2.20. The van der Waals surface area contributed by atoms with Gasteiger partial charge in [-0.3, -0.25) is 0 Å². The van der Waals surface area contributed by atoms with E-state index in [-0.39, 0.29) is 0 Å². The summed E-state index contributed by atoms with van der Waals surface area (Å²) in [6.45, 7) is 4.20. The molecule has 0 radical (unpaired) electrons. The van der Waals surface area contributed by atoms with Crippen LogP contribution in [-0.2, 0) is 4.74 Å². The van der Waals surface area contributed by atoms with Gasteiger partial charge < -0.3 is 4.74 Å². The van der Waals surface area contributed by atoms with Crippen molar-refractivity contribution in [1.82, 2.24) is 0 Å². The molecule has 0 aliphatic carbocycles. The van der Waals surface area contributed by atoms with Crippen LogP contribution in [0.5, 0.6) is 0 Å². The molecule has 1 aliphatic heterocycles. The first-order valence-electron chi connectivity index (χ1n) is 5.60. The van der Waals surface area contributed by atoms with Crippen molar-refractivity contribution in [2.75, 3.05) is 13.2 Å². The van der Waals surface area contributed by atoms with Gasteiger partial charge in [0.1, 0.15) is 0 Å². The molecule has 1 saturated heterocycles. The largest absolute Gasteiger partial charge is 0.381 e. The van der Waals surface area contributed by atoms with E-state index >= 15 is 0 Å². The van der Waals surface area contributed by atoms with Gasteiger partial charge in [0.2, 0.25) is 0 Å². The Labute approximate surface area is 100.0 Å². The van der Waals surface area contributed by atoms with Crippen molar-refractivity contribution in [3.63, 3.8) is 0 Å². The summed E-state index contributed by atoms with van der Waals surface area (Å²) in [5, 5.41) is 0. The lowest BCUT2D eigenvalue weighted by Gasteiger charge is -2.28. The Bertz CT molecular complexity index is 301. The average molecular weight is 269 g/mol. The molecular formula is C13H17BrO. The lowest BCUT2D eigenvalue weighted by atomic mass is 9.83. The van der Waals surface area contributed by atoms with Crippen LogP contribution in [0.1, 0.15) is 31.2 Å². The molecule has 0 amide bonds. The summed E-state index contributed by atoms with van der Waals surface area (Å²) < 4.78 is 6.56. The zero-order valence-electron chi connectivity index (χ0n) is 9.08. The van der Waals surface area contributed by atoms with Gasteiger partial charge in [0, 0.05) is 17.7 Å². The molecule has 1 aromatic carbocycles. The molecule has 1 fully saturated rings. The summed E-state index contributed by atoms with van der Waals surface area (Å²) in [7, 11) is 0. The monoisotopic (exact) mass is 268 g/mol. The molecule has 2 rings (SSSR count). The smallest absolute Gasteiger partial charge is 0.0468 e. The number of hydrogen-bond donors (Lipinski definition) is 0. The highest BCUT2D eigenvalue weighted by atomic mass is 79.9. The second-order valence-corrected chi connectivity index (χ2v) is 5.21. The van der Waals surface area contributed by atoms with Crippen molar-refractivity contribution in [3.05, 3.63) is 34.3 Å². The molecule has 0 bridgehead atoms. The van der Waals surface area contributed by atoms with Gasteiger partial charge in [-0.25, -0.2) is 0 Å². The first-order valence-corrected chi connectivity index (χ1v) is 6.40. The minimum Gasteiger partial charge on any atom is -0.381 e. The van der Waals surface area contributed by atoms with E-state index in [1.807, 2.05) is 0 Å². The normalized spacial score (nSPS) is 20.1. The van der Waals surface area contributed by atoms with E-state index in [1.165, 1.54) is 18.4 Å². The van der Waals surface area contributed by atoms with E-state index in [0.29, 0.717) is 5.92 Å². The van der Waals surface area contributed by atoms with E-state index < -0.39 is 0 Å². The van der Waals surface area contributed by atoms with Crippen LogP contribution in [0.15, 0.2) is 28.7 Å². The molecule has 1 heterocycles. The highest BCUT2D eigenvalue weighted by molar-refractivity contribution is 9.10. The fourth-order valence-corrected chi connectivity index (χ4v) is 2.52. The van der Waals surface area contributed by atoms with Crippen LogP contribution in [0.25, 0.3) is 0 Å². The zero-order chi connectivity index (χ0) is 10.7. The molecule has 1 atom stereocenters. The molecular weight excluding hydrogens is 252 g/mol. The Morgan fingerprint density at radius 1 is 1.20 bits per heavy atom.